The Labute approximate surface area is 104 Å². The van der Waals surface area contributed by atoms with E-state index in [1.165, 1.54) is 25.7 Å². The zero-order chi connectivity index (χ0) is 12.1. The van der Waals surface area contributed by atoms with Crippen molar-refractivity contribution in [1.29, 1.82) is 0 Å². The van der Waals surface area contributed by atoms with E-state index in [-0.39, 0.29) is 6.03 Å². The van der Waals surface area contributed by atoms with Crippen LogP contribution in [-0.4, -0.2) is 55.2 Å². The molecule has 4 heteroatoms. The van der Waals surface area contributed by atoms with Gasteiger partial charge in [0.1, 0.15) is 0 Å². The predicted molar refractivity (Wildman–Crippen MR) is 67.0 cm³/mol. The van der Waals surface area contributed by atoms with E-state index in [0.29, 0.717) is 13.2 Å². The summed E-state index contributed by atoms with van der Waals surface area (Å²) in [6.07, 6.45) is 4.95. The van der Waals surface area contributed by atoms with Gasteiger partial charge in [0.2, 0.25) is 0 Å². The van der Waals surface area contributed by atoms with E-state index >= 15 is 0 Å². The zero-order valence-corrected chi connectivity index (χ0v) is 10.9. The van der Waals surface area contributed by atoms with Crippen LogP contribution in [0.3, 0.4) is 0 Å². The Morgan fingerprint density at radius 1 is 1.12 bits per heavy atom. The summed E-state index contributed by atoms with van der Waals surface area (Å²) in [5.74, 6) is 0.841. The Hall–Kier alpha value is -0.770. The Morgan fingerprint density at radius 3 is 2.29 bits per heavy atom. The standard InChI is InChI=1S/C13H24N2O2/c1-2-3-12-4-6-14(7-5-12)13(16)15-8-10-17-11-9-15/h12H,2-11H2,1H3. The normalized spacial score (nSPS) is 22.9. The maximum atomic E-state index is 12.2. The number of morpholine rings is 1. The molecule has 0 spiro atoms. The zero-order valence-electron chi connectivity index (χ0n) is 10.9. The minimum atomic E-state index is 0.225. The van der Waals surface area contributed by atoms with E-state index in [4.69, 9.17) is 4.74 Å². The molecule has 0 bridgehead atoms. The van der Waals surface area contributed by atoms with Crippen molar-refractivity contribution < 1.29 is 9.53 Å². The Morgan fingerprint density at radius 2 is 1.71 bits per heavy atom. The fourth-order valence-electron chi connectivity index (χ4n) is 2.78. The smallest absolute Gasteiger partial charge is 0.320 e. The van der Waals surface area contributed by atoms with Crippen LogP contribution in [0, 0.1) is 5.92 Å². The van der Waals surface area contributed by atoms with Crippen LogP contribution in [-0.2, 0) is 4.74 Å². The van der Waals surface area contributed by atoms with Crippen molar-refractivity contribution in [2.24, 2.45) is 5.92 Å². The molecule has 0 aromatic heterocycles. The van der Waals surface area contributed by atoms with Gasteiger partial charge in [0.15, 0.2) is 0 Å². The first kappa shape index (κ1) is 12.7. The summed E-state index contributed by atoms with van der Waals surface area (Å²) in [7, 11) is 0. The number of likely N-dealkylation sites (tertiary alicyclic amines) is 1. The molecule has 4 nitrogen and oxygen atoms in total. The number of carbonyl (C=O) groups excluding carboxylic acids is 1. The number of rotatable bonds is 2. The van der Waals surface area contributed by atoms with Gasteiger partial charge in [-0.25, -0.2) is 4.79 Å². The van der Waals surface area contributed by atoms with Crippen LogP contribution in [0.4, 0.5) is 4.79 Å². The van der Waals surface area contributed by atoms with Crippen molar-refractivity contribution in [2.45, 2.75) is 32.6 Å². The van der Waals surface area contributed by atoms with Gasteiger partial charge in [0, 0.05) is 26.2 Å². The third-order valence-electron chi connectivity index (χ3n) is 3.86. The van der Waals surface area contributed by atoms with Crippen molar-refractivity contribution >= 4 is 6.03 Å². The van der Waals surface area contributed by atoms with Gasteiger partial charge >= 0.3 is 6.03 Å². The molecule has 2 rings (SSSR count). The van der Waals surface area contributed by atoms with E-state index in [2.05, 4.69) is 6.92 Å². The van der Waals surface area contributed by atoms with Gasteiger partial charge in [-0.1, -0.05) is 19.8 Å². The second-order valence-electron chi connectivity index (χ2n) is 5.10. The molecular weight excluding hydrogens is 216 g/mol. The van der Waals surface area contributed by atoms with Crippen LogP contribution in [0.2, 0.25) is 0 Å². The van der Waals surface area contributed by atoms with Gasteiger partial charge in [-0.2, -0.15) is 0 Å². The summed E-state index contributed by atoms with van der Waals surface area (Å²) in [5, 5.41) is 0. The second kappa shape index (κ2) is 6.24. The van der Waals surface area contributed by atoms with Crippen LogP contribution in [0.15, 0.2) is 0 Å². The lowest BCUT2D eigenvalue weighted by Gasteiger charge is -2.37. The molecule has 17 heavy (non-hydrogen) atoms. The van der Waals surface area contributed by atoms with E-state index in [1.54, 1.807) is 0 Å². The second-order valence-corrected chi connectivity index (χ2v) is 5.10. The highest BCUT2D eigenvalue weighted by Crippen LogP contribution is 2.22. The van der Waals surface area contributed by atoms with Crippen LogP contribution in [0.25, 0.3) is 0 Å². The van der Waals surface area contributed by atoms with E-state index in [1.807, 2.05) is 9.80 Å². The van der Waals surface area contributed by atoms with Crippen LogP contribution >= 0.6 is 0 Å². The number of nitrogens with zero attached hydrogens (tertiary/aromatic N) is 2. The van der Waals surface area contributed by atoms with Crippen LogP contribution in [0.5, 0.6) is 0 Å². The Kier molecular flexibility index (Phi) is 4.66. The number of urea groups is 1. The average molecular weight is 240 g/mol. The van der Waals surface area contributed by atoms with E-state index in [0.717, 1.165) is 32.1 Å². The number of ether oxygens (including phenoxy) is 1. The summed E-state index contributed by atoms with van der Waals surface area (Å²) in [6, 6.07) is 0.225. The first-order chi connectivity index (χ1) is 8.31. The van der Waals surface area contributed by atoms with Gasteiger partial charge in [0.25, 0.3) is 0 Å². The molecule has 98 valence electrons. The summed E-state index contributed by atoms with van der Waals surface area (Å²) in [4.78, 5) is 16.2. The SMILES string of the molecule is CCCC1CCN(C(=O)N2CCOCC2)CC1. The lowest BCUT2D eigenvalue weighted by molar-refractivity contribution is 0.0399. The highest BCUT2D eigenvalue weighted by Gasteiger charge is 2.26. The summed E-state index contributed by atoms with van der Waals surface area (Å²) < 4.78 is 5.27. The maximum Gasteiger partial charge on any atom is 0.320 e. The summed E-state index contributed by atoms with van der Waals surface area (Å²) >= 11 is 0. The average Bonchev–Trinajstić information content (AvgIpc) is 2.40. The molecule has 0 aromatic carbocycles. The van der Waals surface area contributed by atoms with Crippen molar-refractivity contribution in [1.82, 2.24) is 9.80 Å². The minimum Gasteiger partial charge on any atom is -0.378 e. The Balaban J connectivity index is 1.77. The lowest BCUT2D eigenvalue weighted by atomic mass is 9.93. The highest BCUT2D eigenvalue weighted by molar-refractivity contribution is 5.74. The molecule has 2 fully saturated rings. The van der Waals surface area contributed by atoms with Gasteiger partial charge in [0.05, 0.1) is 13.2 Å². The molecule has 2 amide bonds. The Bertz CT molecular complexity index is 244. The van der Waals surface area contributed by atoms with Crippen molar-refractivity contribution in [3.63, 3.8) is 0 Å². The molecule has 2 heterocycles. The molecule has 0 N–H and O–H groups in total. The third kappa shape index (κ3) is 3.35. The monoisotopic (exact) mass is 240 g/mol. The summed E-state index contributed by atoms with van der Waals surface area (Å²) in [5.41, 5.74) is 0. The first-order valence-corrected chi connectivity index (χ1v) is 6.93. The molecule has 0 aromatic rings. The van der Waals surface area contributed by atoms with E-state index < -0.39 is 0 Å². The number of piperidine rings is 1. The molecule has 0 saturated carbocycles. The van der Waals surface area contributed by atoms with Gasteiger partial charge in [-0.15, -0.1) is 0 Å². The molecular formula is C13H24N2O2. The first-order valence-electron chi connectivity index (χ1n) is 6.93. The third-order valence-corrected chi connectivity index (χ3v) is 3.86. The molecule has 0 unspecified atom stereocenters. The predicted octanol–water partition coefficient (Wildman–Crippen LogP) is 1.95. The van der Waals surface area contributed by atoms with Gasteiger partial charge in [-0.3, -0.25) is 0 Å². The molecule has 0 aliphatic carbocycles. The van der Waals surface area contributed by atoms with Gasteiger partial charge in [-0.05, 0) is 18.8 Å². The molecule has 2 aliphatic rings. The van der Waals surface area contributed by atoms with Crippen molar-refractivity contribution in [2.75, 3.05) is 39.4 Å². The number of hydrogen-bond acceptors (Lipinski definition) is 2. The van der Waals surface area contributed by atoms with E-state index in [9.17, 15) is 4.79 Å². The highest BCUT2D eigenvalue weighted by atomic mass is 16.5. The maximum absolute atomic E-state index is 12.2. The fraction of sp³-hybridized carbons (Fsp3) is 0.923. The molecule has 0 atom stereocenters. The lowest BCUT2D eigenvalue weighted by Crippen LogP contribution is -2.50. The van der Waals surface area contributed by atoms with Gasteiger partial charge < -0.3 is 14.5 Å². The summed E-state index contributed by atoms with van der Waals surface area (Å²) in [6.45, 7) is 7.03. The quantitative estimate of drug-likeness (QED) is 0.739. The number of amides is 2. The number of hydrogen-bond donors (Lipinski definition) is 0. The van der Waals surface area contributed by atoms with Crippen molar-refractivity contribution in [3.8, 4) is 0 Å². The molecule has 0 radical (unpaired) electrons. The molecule has 2 saturated heterocycles. The van der Waals surface area contributed by atoms with Crippen LogP contribution in [0.1, 0.15) is 32.6 Å². The topological polar surface area (TPSA) is 32.8 Å². The van der Waals surface area contributed by atoms with Crippen LogP contribution < -0.4 is 0 Å². The van der Waals surface area contributed by atoms with Crippen molar-refractivity contribution in [3.05, 3.63) is 0 Å². The minimum absolute atomic E-state index is 0.225. The molecule has 2 aliphatic heterocycles. The largest absolute Gasteiger partial charge is 0.378 e. The fourth-order valence-corrected chi connectivity index (χ4v) is 2.78. The number of carbonyl (C=O) groups is 1.